The third-order valence-corrected chi connectivity index (χ3v) is 5.50. The number of fused-ring (bicyclic) bond motifs is 1. The fourth-order valence-electron chi connectivity index (χ4n) is 3.71. The number of hydrogen-bond donors (Lipinski definition) is 1. The summed E-state index contributed by atoms with van der Waals surface area (Å²) < 4.78 is 16.9. The molecule has 0 spiro atoms. The summed E-state index contributed by atoms with van der Waals surface area (Å²) in [6.45, 7) is 0. The molecule has 1 heterocycles. The van der Waals surface area contributed by atoms with Crippen LogP contribution in [0, 0.1) is 0 Å². The van der Waals surface area contributed by atoms with E-state index >= 15 is 0 Å². The molecule has 0 radical (unpaired) electrons. The third-order valence-electron chi connectivity index (χ3n) is 5.50. The summed E-state index contributed by atoms with van der Waals surface area (Å²) >= 11 is 0. The predicted molar refractivity (Wildman–Crippen MR) is 136 cm³/mol. The lowest BCUT2D eigenvalue weighted by Gasteiger charge is -2.08. The molecule has 0 unspecified atom stereocenters. The summed E-state index contributed by atoms with van der Waals surface area (Å²) in [5, 5.41) is 5.07. The zero-order chi connectivity index (χ0) is 23.3. The van der Waals surface area contributed by atoms with Crippen molar-refractivity contribution in [3.8, 4) is 22.8 Å². The van der Waals surface area contributed by atoms with Crippen molar-refractivity contribution in [1.82, 2.24) is 0 Å². The number of benzene rings is 4. The minimum atomic E-state index is 0.724. The highest BCUT2D eigenvalue weighted by Gasteiger charge is 2.08. The second-order valence-corrected chi connectivity index (χ2v) is 7.74. The van der Waals surface area contributed by atoms with Gasteiger partial charge in [0.25, 0.3) is 0 Å². The van der Waals surface area contributed by atoms with E-state index in [2.05, 4.69) is 5.32 Å². The van der Waals surface area contributed by atoms with E-state index in [4.69, 9.17) is 18.9 Å². The average Bonchev–Trinajstić information content (AvgIpc) is 2.90. The number of methoxy groups -OCH3 is 2. The monoisotopic (exact) mass is 448 g/mol. The van der Waals surface area contributed by atoms with Crippen LogP contribution in [0.15, 0.2) is 113 Å². The Bertz CT molecular complexity index is 1470. The van der Waals surface area contributed by atoms with Crippen LogP contribution in [0.3, 0.4) is 0 Å². The highest BCUT2D eigenvalue weighted by atomic mass is 16.5. The van der Waals surface area contributed by atoms with Gasteiger partial charge in [0.15, 0.2) is 0 Å². The van der Waals surface area contributed by atoms with Crippen LogP contribution in [0.25, 0.3) is 22.3 Å². The van der Waals surface area contributed by atoms with Crippen LogP contribution in [-0.2, 0) is 0 Å². The molecule has 0 saturated heterocycles. The van der Waals surface area contributed by atoms with Gasteiger partial charge < -0.3 is 19.2 Å². The molecular weight excluding hydrogens is 424 g/mol. The quantitative estimate of drug-likeness (QED) is 0.301. The van der Waals surface area contributed by atoms with Crippen LogP contribution >= 0.6 is 0 Å². The predicted octanol–water partition coefficient (Wildman–Crippen LogP) is 7.09. The molecule has 0 atom stereocenters. The largest absolute Gasteiger partial charge is 0.497 e. The smallest absolute Gasteiger partial charge is 0.137 e. The molecule has 0 aliphatic heterocycles. The lowest BCUT2D eigenvalue weighted by molar-refractivity contribution is 0.414. The maximum atomic E-state index is 6.22. The minimum absolute atomic E-state index is 0.724. The number of rotatable bonds is 6. The zero-order valence-electron chi connectivity index (χ0n) is 19.0. The molecule has 1 N–H and O–H groups in total. The van der Waals surface area contributed by atoms with Gasteiger partial charge in [0.1, 0.15) is 22.8 Å². The van der Waals surface area contributed by atoms with Crippen molar-refractivity contribution in [2.24, 2.45) is 4.99 Å². The molecular formula is C29H24N2O3. The first-order chi connectivity index (χ1) is 16.7. The number of ether oxygens (including phenoxy) is 2. The molecule has 0 saturated carbocycles. The van der Waals surface area contributed by atoms with E-state index in [-0.39, 0.29) is 0 Å². The molecule has 1 aromatic heterocycles. The Morgan fingerprint density at radius 2 is 1.35 bits per heavy atom. The third kappa shape index (κ3) is 4.64. The van der Waals surface area contributed by atoms with Gasteiger partial charge in [0.05, 0.1) is 25.3 Å². The summed E-state index contributed by atoms with van der Waals surface area (Å²) in [5.41, 5.74) is 4.56. The van der Waals surface area contributed by atoms with Crippen molar-refractivity contribution in [2.75, 3.05) is 19.5 Å². The van der Waals surface area contributed by atoms with Gasteiger partial charge in [-0.25, -0.2) is 4.99 Å². The second-order valence-electron chi connectivity index (χ2n) is 7.74. The minimum Gasteiger partial charge on any atom is -0.497 e. The molecule has 0 amide bonds. The summed E-state index contributed by atoms with van der Waals surface area (Å²) in [7, 11) is 3.31. The molecule has 0 aliphatic carbocycles. The van der Waals surface area contributed by atoms with Crippen molar-refractivity contribution in [1.29, 1.82) is 0 Å². The van der Waals surface area contributed by atoms with Gasteiger partial charge in [-0.1, -0.05) is 18.2 Å². The molecule has 5 nitrogen and oxygen atoms in total. The Balaban J connectivity index is 1.57. The highest BCUT2D eigenvalue weighted by Crippen LogP contribution is 2.27. The number of anilines is 2. The number of nitrogens with zero attached hydrogens (tertiary/aromatic N) is 1. The standard InChI is InChI=1S/C29H24N2O3/c1-32-24-14-8-20(9-15-24)29-19-27(26-18-25(33-2)16-17-28(26)34-29)31-23-12-10-22(11-13-23)30-21-6-4-3-5-7-21/h3-19,30H,1-2H3. The number of para-hydroxylation sites is 1. The van der Waals surface area contributed by atoms with Gasteiger partial charge in [-0.15, -0.1) is 0 Å². The Kier molecular flexibility index (Phi) is 5.99. The van der Waals surface area contributed by atoms with Crippen LogP contribution < -0.4 is 20.1 Å². The van der Waals surface area contributed by atoms with E-state index < -0.39 is 0 Å². The van der Waals surface area contributed by atoms with Gasteiger partial charge in [0.2, 0.25) is 0 Å². The van der Waals surface area contributed by atoms with Gasteiger partial charge in [-0.3, -0.25) is 0 Å². The van der Waals surface area contributed by atoms with E-state index in [9.17, 15) is 0 Å². The maximum absolute atomic E-state index is 6.22. The lowest BCUT2D eigenvalue weighted by Crippen LogP contribution is -2.03. The summed E-state index contributed by atoms with van der Waals surface area (Å²) in [6.07, 6.45) is 0. The van der Waals surface area contributed by atoms with Gasteiger partial charge in [-0.2, -0.15) is 0 Å². The van der Waals surface area contributed by atoms with E-state index in [1.165, 1.54) is 0 Å². The molecule has 0 aliphatic rings. The van der Waals surface area contributed by atoms with Crippen LogP contribution in [-0.4, -0.2) is 14.2 Å². The second kappa shape index (κ2) is 9.55. The van der Waals surface area contributed by atoms with E-state index in [1.807, 2.05) is 103 Å². The molecule has 0 fully saturated rings. The summed E-state index contributed by atoms with van der Waals surface area (Å²) in [5.74, 6) is 2.27. The van der Waals surface area contributed by atoms with E-state index in [0.29, 0.717) is 0 Å². The van der Waals surface area contributed by atoms with Crippen LogP contribution in [0.5, 0.6) is 11.5 Å². The summed E-state index contributed by atoms with van der Waals surface area (Å²) in [6, 6.07) is 33.6. The molecule has 5 aromatic rings. The van der Waals surface area contributed by atoms with Crippen molar-refractivity contribution in [2.45, 2.75) is 0 Å². The van der Waals surface area contributed by atoms with Gasteiger partial charge >= 0.3 is 0 Å². The first-order valence-corrected chi connectivity index (χ1v) is 10.9. The Morgan fingerprint density at radius 1 is 0.676 bits per heavy atom. The molecule has 5 heteroatoms. The topological polar surface area (TPSA) is 56.0 Å². The normalized spacial score (nSPS) is 11.4. The SMILES string of the molecule is COc1ccc(-c2cc(=Nc3ccc(Nc4ccccc4)cc3)c3cc(OC)ccc3o2)cc1. The van der Waals surface area contributed by atoms with E-state index in [1.54, 1.807) is 14.2 Å². The molecule has 4 aromatic carbocycles. The van der Waals surface area contributed by atoms with Crippen molar-refractivity contribution in [3.05, 3.63) is 108 Å². The fourth-order valence-corrected chi connectivity index (χ4v) is 3.71. The fraction of sp³-hybridized carbons (Fsp3) is 0.0690. The first kappa shape index (κ1) is 21.3. The highest BCUT2D eigenvalue weighted by molar-refractivity contribution is 5.80. The van der Waals surface area contributed by atoms with Gasteiger partial charge in [0, 0.05) is 28.4 Å². The number of nitrogens with one attached hydrogen (secondary N) is 1. The van der Waals surface area contributed by atoms with Gasteiger partial charge in [-0.05, 0) is 78.9 Å². The van der Waals surface area contributed by atoms with Crippen LogP contribution in [0.2, 0.25) is 0 Å². The number of hydrogen-bond acceptors (Lipinski definition) is 5. The first-order valence-electron chi connectivity index (χ1n) is 10.9. The van der Waals surface area contributed by atoms with Crippen molar-refractivity contribution >= 4 is 28.0 Å². The van der Waals surface area contributed by atoms with Crippen molar-refractivity contribution < 1.29 is 13.9 Å². The summed E-state index contributed by atoms with van der Waals surface area (Å²) in [4.78, 5) is 4.94. The Labute approximate surface area is 197 Å². The Morgan fingerprint density at radius 3 is 2.06 bits per heavy atom. The van der Waals surface area contributed by atoms with Crippen LogP contribution in [0.4, 0.5) is 17.1 Å². The zero-order valence-corrected chi connectivity index (χ0v) is 19.0. The molecule has 0 bridgehead atoms. The average molecular weight is 449 g/mol. The molecule has 168 valence electrons. The molecule has 34 heavy (non-hydrogen) atoms. The molecule has 5 rings (SSSR count). The Hall–Kier alpha value is -4.51. The van der Waals surface area contributed by atoms with Crippen LogP contribution in [0.1, 0.15) is 0 Å². The maximum Gasteiger partial charge on any atom is 0.137 e. The van der Waals surface area contributed by atoms with Crippen molar-refractivity contribution in [3.63, 3.8) is 0 Å². The van der Waals surface area contributed by atoms with E-state index in [0.717, 1.165) is 56.2 Å². The lowest BCUT2D eigenvalue weighted by atomic mass is 10.1.